The highest BCUT2D eigenvalue weighted by Crippen LogP contribution is 2.17. The van der Waals surface area contributed by atoms with Gasteiger partial charge in [-0.3, -0.25) is 0 Å². The van der Waals surface area contributed by atoms with Crippen molar-refractivity contribution in [3.8, 4) is 0 Å². The molecule has 1 nitrogen and oxygen atoms in total. The summed E-state index contributed by atoms with van der Waals surface area (Å²) in [6.07, 6.45) is 2.15. The Labute approximate surface area is 97.4 Å². The van der Waals surface area contributed by atoms with E-state index in [9.17, 15) is 4.39 Å². The maximum Gasteiger partial charge on any atom is 0.123 e. The van der Waals surface area contributed by atoms with Crippen LogP contribution in [0.5, 0.6) is 0 Å². The molecule has 0 unspecified atom stereocenters. The monoisotopic (exact) mass is 221 g/mol. The van der Waals surface area contributed by atoms with Crippen LogP contribution in [0.3, 0.4) is 0 Å². The summed E-state index contributed by atoms with van der Waals surface area (Å²) in [6.45, 7) is 7.14. The van der Waals surface area contributed by atoms with E-state index in [0.29, 0.717) is 5.92 Å². The number of aryl methyl sites for hydroxylation is 1. The molecule has 1 N–H and O–H groups in total. The van der Waals surface area contributed by atoms with Crippen molar-refractivity contribution in [2.75, 3.05) is 13.6 Å². The Morgan fingerprint density at radius 1 is 1.44 bits per heavy atom. The second-order valence-electron chi connectivity index (χ2n) is 4.41. The molecule has 0 aromatic heterocycles. The Morgan fingerprint density at radius 3 is 2.62 bits per heavy atom. The molecule has 1 rings (SSSR count). The molecular weight excluding hydrogens is 201 g/mol. The molecule has 0 radical (unpaired) electrons. The van der Waals surface area contributed by atoms with Gasteiger partial charge in [-0.05, 0) is 43.1 Å². The van der Waals surface area contributed by atoms with Crippen molar-refractivity contribution in [2.45, 2.75) is 20.8 Å². The van der Waals surface area contributed by atoms with E-state index >= 15 is 0 Å². The number of likely N-dealkylation sites (N-methyl/N-ethyl adjacent to an activating group) is 1. The van der Waals surface area contributed by atoms with E-state index in [0.717, 1.165) is 17.7 Å². The van der Waals surface area contributed by atoms with Gasteiger partial charge in [-0.15, -0.1) is 0 Å². The van der Waals surface area contributed by atoms with E-state index in [4.69, 9.17) is 0 Å². The van der Waals surface area contributed by atoms with Crippen molar-refractivity contribution in [1.29, 1.82) is 0 Å². The van der Waals surface area contributed by atoms with Gasteiger partial charge in [0, 0.05) is 6.54 Å². The molecule has 88 valence electrons. The zero-order chi connectivity index (χ0) is 12.1. The van der Waals surface area contributed by atoms with Crippen molar-refractivity contribution < 1.29 is 4.39 Å². The Kier molecular flexibility index (Phi) is 4.69. The summed E-state index contributed by atoms with van der Waals surface area (Å²) in [5.41, 5.74) is 3.41. The van der Waals surface area contributed by atoms with Crippen LogP contribution in [0.25, 0.3) is 6.08 Å². The third-order valence-electron chi connectivity index (χ3n) is 2.70. The minimum Gasteiger partial charge on any atom is -0.316 e. The minimum absolute atomic E-state index is 0.172. The first kappa shape index (κ1) is 12.9. The molecule has 2 heteroatoms. The molecule has 0 aliphatic carbocycles. The Balaban J connectivity index is 3.02. The molecule has 0 saturated carbocycles. The number of hydrogen-bond donors (Lipinski definition) is 1. The van der Waals surface area contributed by atoms with Crippen molar-refractivity contribution in [2.24, 2.45) is 5.92 Å². The van der Waals surface area contributed by atoms with E-state index in [1.165, 1.54) is 11.6 Å². The van der Waals surface area contributed by atoms with Crippen LogP contribution in [0, 0.1) is 18.7 Å². The Morgan fingerprint density at radius 2 is 2.12 bits per heavy atom. The van der Waals surface area contributed by atoms with Gasteiger partial charge in [-0.1, -0.05) is 31.6 Å². The van der Waals surface area contributed by atoms with Gasteiger partial charge in [0.25, 0.3) is 0 Å². The normalized spacial score (nSPS) is 12.2. The maximum atomic E-state index is 13.0. The van der Waals surface area contributed by atoms with Crippen molar-refractivity contribution in [1.82, 2.24) is 5.32 Å². The average Bonchev–Trinajstić information content (AvgIpc) is 2.20. The fraction of sp³-hybridized carbons (Fsp3) is 0.429. The molecular formula is C14H20FN. The van der Waals surface area contributed by atoms with Crippen LogP contribution in [0.2, 0.25) is 0 Å². The topological polar surface area (TPSA) is 12.0 Å². The SMILES string of the molecule is CNCC(=Cc1ccc(F)cc1C)C(C)C. The van der Waals surface area contributed by atoms with Gasteiger partial charge in [0.1, 0.15) is 5.82 Å². The van der Waals surface area contributed by atoms with Gasteiger partial charge in [-0.25, -0.2) is 4.39 Å². The quantitative estimate of drug-likeness (QED) is 0.821. The summed E-state index contributed by atoms with van der Waals surface area (Å²) in [6, 6.07) is 4.92. The number of benzene rings is 1. The number of nitrogens with one attached hydrogen (secondary N) is 1. The minimum atomic E-state index is -0.172. The lowest BCUT2D eigenvalue weighted by Gasteiger charge is -2.12. The first-order valence-electron chi connectivity index (χ1n) is 5.65. The summed E-state index contributed by atoms with van der Waals surface area (Å²) in [7, 11) is 1.94. The standard InChI is InChI=1S/C14H20FN/c1-10(2)13(9-16-4)8-12-5-6-14(15)7-11(12)3/h5-8,10,16H,9H2,1-4H3. The Hall–Kier alpha value is -1.15. The maximum absolute atomic E-state index is 13.0. The van der Waals surface area contributed by atoms with E-state index in [1.54, 1.807) is 6.07 Å². The third-order valence-corrected chi connectivity index (χ3v) is 2.70. The van der Waals surface area contributed by atoms with Crippen molar-refractivity contribution in [3.63, 3.8) is 0 Å². The predicted octanol–water partition coefficient (Wildman–Crippen LogP) is 3.39. The van der Waals surface area contributed by atoms with Gasteiger partial charge >= 0.3 is 0 Å². The van der Waals surface area contributed by atoms with Crippen molar-refractivity contribution >= 4 is 6.08 Å². The zero-order valence-corrected chi connectivity index (χ0v) is 10.5. The van der Waals surface area contributed by atoms with E-state index in [2.05, 4.69) is 25.2 Å². The van der Waals surface area contributed by atoms with Gasteiger partial charge in [-0.2, -0.15) is 0 Å². The molecule has 0 heterocycles. The highest BCUT2D eigenvalue weighted by Gasteiger charge is 2.04. The predicted molar refractivity (Wildman–Crippen MR) is 67.9 cm³/mol. The fourth-order valence-corrected chi connectivity index (χ4v) is 1.63. The summed E-state index contributed by atoms with van der Waals surface area (Å²) in [5, 5.41) is 3.16. The highest BCUT2D eigenvalue weighted by molar-refractivity contribution is 5.57. The van der Waals surface area contributed by atoms with E-state index < -0.39 is 0 Å². The lowest BCUT2D eigenvalue weighted by molar-refractivity contribution is 0.626. The molecule has 0 fully saturated rings. The van der Waals surface area contributed by atoms with Crippen LogP contribution in [0.1, 0.15) is 25.0 Å². The molecule has 0 bridgehead atoms. The van der Waals surface area contributed by atoms with Gasteiger partial charge in [0.05, 0.1) is 0 Å². The second kappa shape index (κ2) is 5.80. The van der Waals surface area contributed by atoms with Crippen LogP contribution in [0.15, 0.2) is 23.8 Å². The smallest absolute Gasteiger partial charge is 0.123 e. The molecule has 1 aromatic carbocycles. The third kappa shape index (κ3) is 3.46. The van der Waals surface area contributed by atoms with Crippen LogP contribution < -0.4 is 5.32 Å². The lowest BCUT2D eigenvalue weighted by Crippen LogP contribution is -2.13. The molecule has 0 saturated heterocycles. The van der Waals surface area contributed by atoms with Crippen LogP contribution >= 0.6 is 0 Å². The molecule has 1 aromatic rings. The lowest BCUT2D eigenvalue weighted by atomic mass is 9.98. The molecule has 0 aliphatic heterocycles. The molecule has 0 spiro atoms. The highest BCUT2D eigenvalue weighted by atomic mass is 19.1. The second-order valence-corrected chi connectivity index (χ2v) is 4.41. The van der Waals surface area contributed by atoms with Crippen LogP contribution in [-0.2, 0) is 0 Å². The molecule has 0 atom stereocenters. The van der Waals surface area contributed by atoms with Gasteiger partial charge < -0.3 is 5.32 Å². The summed E-state index contributed by atoms with van der Waals surface area (Å²) < 4.78 is 13.0. The van der Waals surface area contributed by atoms with Gasteiger partial charge in [0.2, 0.25) is 0 Å². The number of hydrogen-bond acceptors (Lipinski definition) is 1. The Bertz CT molecular complexity index is 380. The summed E-state index contributed by atoms with van der Waals surface area (Å²) >= 11 is 0. The van der Waals surface area contributed by atoms with Crippen LogP contribution in [0.4, 0.5) is 4.39 Å². The number of rotatable bonds is 4. The molecule has 0 amide bonds. The average molecular weight is 221 g/mol. The van der Waals surface area contributed by atoms with E-state index in [-0.39, 0.29) is 5.82 Å². The molecule has 0 aliphatic rings. The first-order valence-corrected chi connectivity index (χ1v) is 5.65. The van der Waals surface area contributed by atoms with Crippen LogP contribution in [-0.4, -0.2) is 13.6 Å². The van der Waals surface area contributed by atoms with E-state index in [1.807, 2.05) is 20.0 Å². The first-order chi connectivity index (χ1) is 7.54. The zero-order valence-electron chi connectivity index (χ0n) is 10.5. The van der Waals surface area contributed by atoms with Crippen molar-refractivity contribution in [3.05, 3.63) is 40.7 Å². The fourth-order valence-electron chi connectivity index (χ4n) is 1.63. The summed E-state index contributed by atoms with van der Waals surface area (Å²) in [5.74, 6) is 0.325. The van der Waals surface area contributed by atoms with Gasteiger partial charge in [0.15, 0.2) is 0 Å². The largest absolute Gasteiger partial charge is 0.316 e. The number of halogens is 1. The molecule has 16 heavy (non-hydrogen) atoms. The summed E-state index contributed by atoms with van der Waals surface area (Å²) in [4.78, 5) is 0.